The standard InChI is InChI=1S/C16H20O7/c1-10(17)21-15(16(22-11(2)18)23-12(3)19)14-8-6-5-7-13(14)9-20-4/h5-8,15-16H,9H2,1-4H3. The van der Waals surface area contributed by atoms with Crippen molar-refractivity contribution in [3.05, 3.63) is 35.4 Å². The highest BCUT2D eigenvalue weighted by Crippen LogP contribution is 2.28. The first kappa shape index (κ1) is 18.6. The van der Waals surface area contributed by atoms with Crippen LogP contribution in [0, 0.1) is 0 Å². The number of rotatable bonds is 7. The van der Waals surface area contributed by atoms with Gasteiger partial charge in [-0.2, -0.15) is 0 Å². The first-order valence-corrected chi connectivity index (χ1v) is 6.93. The molecule has 23 heavy (non-hydrogen) atoms. The summed E-state index contributed by atoms with van der Waals surface area (Å²) in [6.45, 7) is 3.80. The van der Waals surface area contributed by atoms with Gasteiger partial charge in [0.25, 0.3) is 6.29 Å². The predicted octanol–water partition coefficient (Wildman–Crippen LogP) is 1.89. The molecule has 0 aliphatic carbocycles. The summed E-state index contributed by atoms with van der Waals surface area (Å²) in [6.07, 6.45) is -2.47. The normalized spacial score (nSPS) is 11.7. The van der Waals surface area contributed by atoms with Crippen molar-refractivity contribution >= 4 is 17.9 Å². The molecule has 0 amide bonds. The van der Waals surface area contributed by atoms with Gasteiger partial charge in [-0.05, 0) is 5.56 Å². The number of carbonyl (C=O) groups excluding carboxylic acids is 3. The molecule has 1 aromatic rings. The van der Waals surface area contributed by atoms with Gasteiger partial charge in [-0.25, -0.2) is 0 Å². The zero-order valence-corrected chi connectivity index (χ0v) is 13.5. The number of hydrogen-bond acceptors (Lipinski definition) is 7. The largest absolute Gasteiger partial charge is 0.450 e. The van der Waals surface area contributed by atoms with Crippen LogP contribution in [0.4, 0.5) is 0 Å². The molecule has 0 bridgehead atoms. The number of ether oxygens (including phenoxy) is 4. The van der Waals surface area contributed by atoms with Crippen LogP contribution >= 0.6 is 0 Å². The minimum Gasteiger partial charge on any atom is -0.450 e. The maximum absolute atomic E-state index is 11.4. The Balaban J connectivity index is 3.26. The van der Waals surface area contributed by atoms with E-state index in [1.54, 1.807) is 24.3 Å². The Hall–Kier alpha value is -2.41. The van der Waals surface area contributed by atoms with Crippen LogP contribution in [-0.4, -0.2) is 31.3 Å². The lowest BCUT2D eigenvalue weighted by Crippen LogP contribution is -2.32. The fourth-order valence-corrected chi connectivity index (χ4v) is 2.02. The quantitative estimate of drug-likeness (QED) is 0.559. The Morgan fingerprint density at radius 1 is 0.913 bits per heavy atom. The third-order valence-electron chi connectivity index (χ3n) is 2.77. The van der Waals surface area contributed by atoms with Crippen molar-refractivity contribution in [1.29, 1.82) is 0 Å². The van der Waals surface area contributed by atoms with E-state index in [1.165, 1.54) is 27.9 Å². The molecular formula is C16H20O7. The van der Waals surface area contributed by atoms with Gasteiger partial charge in [0.2, 0.25) is 6.10 Å². The summed E-state index contributed by atoms with van der Waals surface area (Å²) in [5, 5.41) is 0. The van der Waals surface area contributed by atoms with Crippen LogP contribution < -0.4 is 0 Å². The molecule has 0 saturated heterocycles. The second kappa shape index (κ2) is 8.89. The molecule has 0 spiro atoms. The summed E-state index contributed by atoms with van der Waals surface area (Å²) in [6, 6.07) is 6.97. The summed E-state index contributed by atoms with van der Waals surface area (Å²) in [5.41, 5.74) is 1.24. The molecule has 0 N–H and O–H groups in total. The van der Waals surface area contributed by atoms with E-state index in [0.29, 0.717) is 11.1 Å². The zero-order valence-electron chi connectivity index (χ0n) is 13.5. The van der Waals surface area contributed by atoms with Gasteiger partial charge >= 0.3 is 17.9 Å². The predicted molar refractivity (Wildman–Crippen MR) is 79.0 cm³/mol. The number of hydrogen-bond donors (Lipinski definition) is 0. The fourth-order valence-electron chi connectivity index (χ4n) is 2.02. The van der Waals surface area contributed by atoms with Crippen LogP contribution in [0.3, 0.4) is 0 Å². The molecule has 0 aliphatic heterocycles. The average molecular weight is 324 g/mol. The lowest BCUT2D eigenvalue weighted by Gasteiger charge is -2.27. The second-order valence-corrected chi connectivity index (χ2v) is 4.75. The van der Waals surface area contributed by atoms with Crippen LogP contribution in [0.1, 0.15) is 38.0 Å². The first-order valence-electron chi connectivity index (χ1n) is 6.93. The highest BCUT2D eigenvalue weighted by atomic mass is 16.7. The Kier molecular flexibility index (Phi) is 7.21. The maximum atomic E-state index is 11.4. The molecule has 7 nitrogen and oxygen atoms in total. The number of carbonyl (C=O) groups is 3. The van der Waals surface area contributed by atoms with Gasteiger partial charge in [-0.1, -0.05) is 24.3 Å². The highest BCUT2D eigenvalue weighted by molar-refractivity contribution is 5.69. The van der Waals surface area contributed by atoms with E-state index in [2.05, 4.69) is 0 Å². The van der Waals surface area contributed by atoms with Crippen LogP contribution in [0.5, 0.6) is 0 Å². The van der Waals surface area contributed by atoms with Crippen LogP contribution in [0.25, 0.3) is 0 Å². The molecular weight excluding hydrogens is 304 g/mol. The van der Waals surface area contributed by atoms with E-state index in [4.69, 9.17) is 18.9 Å². The number of benzene rings is 1. The molecule has 1 atom stereocenters. The Morgan fingerprint density at radius 2 is 1.43 bits per heavy atom. The van der Waals surface area contributed by atoms with E-state index in [0.717, 1.165) is 0 Å². The Morgan fingerprint density at radius 3 is 1.91 bits per heavy atom. The van der Waals surface area contributed by atoms with Gasteiger partial charge in [0.1, 0.15) is 0 Å². The van der Waals surface area contributed by atoms with Crippen molar-refractivity contribution in [3.8, 4) is 0 Å². The average Bonchev–Trinajstić information content (AvgIpc) is 2.44. The molecule has 1 unspecified atom stereocenters. The molecule has 0 aromatic heterocycles. The molecule has 126 valence electrons. The summed E-state index contributed by atoms with van der Waals surface area (Å²) < 4.78 is 20.4. The van der Waals surface area contributed by atoms with Gasteiger partial charge < -0.3 is 18.9 Å². The molecule has 0 radical (unpaired) electrons. The molecule has 0 fully saturated rings. The molecule has 0 heterocycles. The Labute approximate surface area is 134 Å². The second-order valence-electron chi connectivity index (χ2n) is 4.75. The smallest absolute Gasteiger partial charge is 0.305 e. The topological polar surface area (TPSA) is 88.1 Å². The third kappa shape index (κ3) is 6.07. The molecule has 0 saturated carbocycles. The van der Waals surface area contributed by atoms with E-state index < -0.39 is 30.3 Å². The Bertz CT molecular complexity index is 551. The van der Waals surface area contributed by atoms with Crippen molar-refractivity contribution in [2.24, 2.45) is 0 Å². The van der Waals surface area contributed by atoms with Gasteiger partial charge in [0, 0.05) is 33.4 Å². The highest BCUT2D eigenvalue weighted by Gasteiger charge is 2.33. The van der Waals surface area contributed by atoms with Gasteiger partial charge in [0.05, 0.1) is 6.61 Å². The summed E-state index contributed by atoms with van der Waals surface area (Å²) in [7, 11) is 1.52. The van der Waals surface area contributed by atoms with E-state index in [9.17, 15) is 14.4 Å². The SMILES string of the molecule is COCc1ccccc1C(OC(C)=O)C(OC(C)=O)OC(C)=O. The number of methoxy groups -OCH3 is 1. The van der Waals surface area contributed by atoms with Gasteiger partial charge in [-0.15, -0.1) is 0 Å². The molecule has 1 rings (SSSR count). The van der Waals surface area contributed by atoms with E-state index in [1.807, 2.05) is 0 Å². The minimum atomic E-state index is -1.38. The lowest BCUT2D eigenvalue weighted by molar-refractivity contribution is -0.213. The summed E-state index contributed by atoms with van der Waals surface area (Å²) in [4.78, 5) is 34.0. The van der Waals surface area contributed by atoms with E-state index >= 15 is 0 Å². The van der Waals surface area contributed by atoms with Gasteiger partial charge in [0.15, 0.2) is 0 Å². The third-order valence-corrected chi connectivity index (χ3v) is 2.77. The van der Waals surface area contributed by atoms with Crippen molar-refractivity contribution < 1.29 is 33.3 Å². The van der Waals surface area contributed by atoms with E-state index in [-0.39, 0.29) is 6.61 Å². The number of esters is 3. The summed E-state index contributed by atoms with van der Waals surface area (Å²) >= 11 is 0. The molecule has 0 aliphatic rings. The van der Waals surface area contributed by atoms with Crippen molar-refractivity contribution in [3.63, 3.8) is 0 Å². The summed E-state index contributed by atoms with van der Waals surface area (Å²) in [5.74, 6) is -1.94. The first-order chi connectivity index (χ1) is 10.8. The molecule has 1 aromatic carbocycles. The van der Waals surface area contributed by atoms with Gasteiger partial charge in [-0.3, -0.25) is 14.4 Å². The fraction of sp³-hybridized carbons (Fsp3) is 0.438. The van der Waals surface area contributed by atoms with Crippen LogP contribution in [0.2, 0.25) is 0 Å². The van der Waals surface area contributed by atoms with Crippen molar-refractivity contribution in [2.45, 2.75) is 39.8 Å². The van der Waals surface area contributed by atoms with Crippen LogP contribution in [-0.2, 0) is 39.9 Å². The van der Waals surface area contributed by atoms with Crippen LogP contribution in [0.15, 0.2) is 24.3 Å². The van der Waals surface area contributed by atoms with Crippen molar-refractivity contribution in [1.82, 2.24) is 0 Å². The van der Waals surface area contributed by atoms with Crippen molar-refractivity contribution in [2.75, 3.05) is 7.11 Å². The minimum absolute atomic E-state index is 0.251. The molecule has 7 heteroatoms. The zero-order chi connectivity index (χ0) is 17.4. The monoisotopic (exact) mass is 324 g/mol. The lowest BCUT2D eigenvalue weighted by atomic mass is 10.0. The maximum Gasteiger partial charge on any atom is 0.305 e.